The van der Waals surface area contributed by atoms with Gasteiger partial charge in [-0.25, -0.2) is 0 Å². The summed E-state index contributed by atoms with van der Waals surface area (Å²) < 4.78 is 0. The minimum atomic E-state index is 0. The molecule has 0 amide bonds. The van der Waals surface area contributed by atoms with Crippen LogP contribution in [0.2, 0.25) is 0 Å². The van der Waals surface area contributed by atoms with Gasteiger partial charge in [0.1, 0.15) is 0 Å². The van der Waals surface area contributed by atoms with Crippen molar-refractivity contribution < 1.29 is 62.2 Å². The number of isothiocyanates is 6. The van der Waals surface area contributed by atoms with E-state index in [1.54, 1.807) is 112 Å². The van der Waals surface area contributed by atoms with Crippen molar-refractivity contribution in [1.82, 2.24) is 59.8 Å². The van der Waals surface area contributed by atoms with Gasteiger partial charge in [0, 0.05) is 112 Å². The monoisotopic (exact) mass is 1670 g/mol. The summed E-state index contributed by atoms with van der Waals surface area (Å²) in [4.78, 5) is 48.9. The van der Waals surface area contributed by atoms with Crippen LogP contribution in [0, 0.1) is 0 Å². The van der Waals surface area contributed by atoms with Crippen LogP contribution in [0.5, 0.6) is 0 Å². The third-order valence-electron chi connectivity index (χ3n) is 11.0. The van der Waals surface area contributed by atoms with Gasteiger partial charge in [0.05, 0.1) is 34.2 Å². The molecule has 0 aliphatic carbocycles. The molecule has 3 radical (unpaired) electrons. The Kier molecular flexibility index (Phi) is 76.6. The summed E-state index contributed by atoms with van der Waals surface area (Å²) in [6, 6.07) is 58.6. The van der Waals surface area contributed by atoms with Crippen LogP contribution in [0.1, 0.15) is 67.5 Å². The maximum Gasteiger partial charge on any atom is 2.00 e. The average Bonchev–Trinajstić information content (AvgIpc) is 0.975. The molecule has 0 bridgehead atoms. The smallest absolute Gasteiger partial charge is 0.753 e. The van der Waals surface area contributed by atoms with Crippen molar-refractivity contribution in [3.63, 3.8) is 0 Å². The van der Waals surface area contributed by atoms with Gasteiger partial charge in [-0.3, -0.25) is 59.8 Å². The van der Waals surface area contributed by atoms with Crippen LogP contribution in [0.4, 0.5) is 0 Å². The zero-order chi connectivity index (χ0) is 74.1. The predicted octanol–water partition coefficient (Wildman–Crippen LogP) is 18.2. The molecule has 29 heteroatoms. The van der Waals surface area contributed by atoms with E-state index in [4.69, 9.17) is 32.5 Å². The summed E-state index contributed by atoms with van der Waals surface area (Å²) in [5.74, 6) is 0. The molecule has 12 aromatic heterocycles. The number of hydrogen-bond acceptors (Lipinski definition) is 18. The van der Waals surface area contributed by atoms with Crippen LogP contribution in [0.15, 0.2) is 294 Å². The molecular formula is C78H64Cu3N18O2S6. The Bertz CT molecular complexity index is 3470. The van der Waals surface area contributed by atoms with Gasteiger partial charge in [0.2, 0.25) is 0 Å². The van der Waals surface area contributed by atoms with E-state index in [0.717, 1.165) is 67.5 Å². The standard InChI is InChI=1S/6C12H10N2.6CNS.3Cu.2H2O/c6*1-2-8-14-12(3-1)5-4-11-6-9-13-10-7-11;6*2-1-3;;;;;/h6*1-10H;;;;;;;;;;2*1H2/q;;;;;;6*-1;3*+2;;/b6*5-4+;;;;;;;;;;;. The Morgan fingerprint density at radius 3 is 0.393 bits per heavy atom. The minimum Gasteiger partial charge on any atom is -0.753 e. The van der Waals surface area contributed by atoms with Crippen molar-refractivity contribution >= 4 is 177 Å². The van der Waals surface area contributed by atoms with Crippen molar-refractivity contribution in [3.8, 4) is 0 Å². The van der Waals surface area contributed by atoms with Crippen molar-refractivity contribution in [2.45, 2.75) is 0 Å². The van der Waals surface area contributed by atoms with E-state index < -0.39 is 0 Å². The Morgan fingerprint density at radius 1 is 0.187 bits per heavy atom. The van der Waals surface area contributed by atoms with E-state index in [2.05, 4.69) is 133 Å². The normalized spacial score (nSPS) is 8.75. The Balaban J connectivity index is -0.000000368. The molecule has 107 heavy (non-hydrogen) atoms. The molecule has 0 atom stereocenters. The van der Waals surface area contributed by atoms with E-state index in [0.29, 0.717) is 0 Å². The van der Waals surface area contributed by atoms with Crippen LogP contribution in [-0.4, -0.2) is 102 Å². The first-order valence-electron chi connectivity index (χ1n) is 29.2. The molecule has 20 nitrogen and oxygen atoms in total. The maximum atomic E-state index is 7.13. The van der Waals surface area contributed by atoms with E-state index in [1.807, 2.05) is 255 Å². The van der Waals surface area contributed by atoms with Crippen LogP contribution in [0.3, 0.4) is 0 Å². The fourth-order valence-corrected chi connectivity index (χ4v) is 6.78. The first kappa shape index (κ1) is 104. The summed E-state index contributed by atoms with van der Waals surface area (Å²) >= 11 is 22.2. The van der Waals surface area contributed by atoms with Gasteiger partial charge in [-0.2, -0.15) is 31.0 Å². The van der Waals surface area contributed by atoms with E-state index in [-0.39, 0.29) is 62.2 Å². The molecule has 0 spiro atoms. The molecule has 0 aliphatic heterocycles. The fourth-order valence-electron chi connectivity index (χ4n) is 6.78. The average molecular weight is 1670 g/mol. The largest absolute Gasteiger partial charge is 2.00 e. The molecule has 547 valence electrons. The molecule has 0 saturated carbocycles. The van der Waals surface area contributed by atoms with E-state index in [1.165, 1.54) is 31.0 Å². The Morgan fingerprint density at radius 2 is 0.299 bits per heavy atom. The summed E-state index contributed by atoms with van der Waals surface area (Å²) in [6.07, 6.45) is 56.0. The summed E-state index contributed by atoms with van der Waals surface area (Å²) in [7, 11) is 0. The Hall–Kier alpha value is -11.5. The molecule has 0 aromatic carbocycles. The summed E-state index contributed by atoms with van der Waals surface area (Å²) in [5, 5.41) is 50.8. The molecule has 12 heterocycles. The number of rotatable bonds is 12. The predicted molar refractivity (Wildman–Crippen MR) is 447 cm³/mol. The molecule has 12 aromatic rings. The summed E-state index contributed by atoms with van der Waals surface area (Å²) in [6.45, 7) is 0. The molecule has 12 rings (SSSR count). The zero-order valence-electron chi connectivity index (χ0n) is 56.0. The number of thiocarbonyl (C=S) groups is 6. The van der Waals surface area contributed by atoms with Crippen LogP contribution >= 0.6 is 73.3 Å². The molecule has 0 fully saturated rings. The second-order valence-electron chi connectivity index (χ2n) is 17.8. The first-order chi connectivity index (χ1) is 50.2. The third kappa shape index (κ3) is 61.7. The van der Waals surface area contributed by atoms with Gasteiger partial charge in [-0.1, -0.05) is 146 Å². The number of hydrogen-bond donors (Lipinski definition) is 0. The minimum absolute atomic E-state index is 0. The van der Waals surface area contributed by atoms with Gasteiger partial charge in [-0.05, 0) is 215 Å². The quantitative estimate of drug-likeness (QED) is 0.0623. The van der Waals surface area contributed by atoms with Gasteiger partial charge >= 0.3 is 51.2 Å². The van der Waals surface area contributed by atoms with E-state index >= 15 is 0 Å². The molecule has 4 N–H and O–H groups in total. The molecule has 0 saturated heterocycles. The number of aromatic nitrogens is 12. The molecule has 0 aliphatic rings. The van der Waals surface area contributed by atoms with Crippen LogP contribution in [-0.2, 0) is 51.2 Å². The molecule has 0 unspecified atom stereocenters. The van der Waals surface area contributed by atoms with E-state index in [9.17, 15) is 0 Å². The van der Waals surface area contributed by atoms with Crippen molar-refractivity contribution in [1.29, 1.82) is 0 Å². The van der Waals surface area contributed by atoms with Gasteiger partial charge in [0.25, 0.3) is 0 Å². The first-order valence-corrected chi connectivity index (χ1v) is 31.7. The SMILES string of the molecule is C(=C\c1ccccn1)/c1ccncc1.C(=C\c1ccccn1)/c1ccncc1.C(=C\c1ccccn1)/c1ccncc1.C(=C\c1ccccn1)/c1ccncc1.C(=C\c1ccccn1)/c1ccncc1.C(=C\c1ccccn1)/c1ccncc1.O.O.[Cu+2].[Cu+2].[Cu+2].[N-]=C=S.[N-]=C=S.[N-]=C=S.[N-]=C=S.[N-]=C=S.[N-]=C=S. The second-order valence-corrected chi connectivity index (χ2v) is 18.9. The summed E-state index contributed by atoms with van der Waals surface area (Å²) in [5.41, 5.74) is 12.6. The maximum absolute atomic E-state index is 7.13. The van der Waals surface area contributed by atoms with Crippen molar-refractivity contribution in [3.05, 3.63) is 394 Å². The third-order valence-corrected chi connectivity index (χ3v) is 11.0. The zero-order valence-corrected chi connectivity index (χ0v) is 63.8. The topological polar surface area (TPSA) is 351 Å². The van der Waals surface area contributed by atoms with Crippen LogP contribution < -0.4 is 0 Å². The Labute approximate surface area is 686 Å². The number of pyridine rings is 12. The van der Waals surface area contributed by atoms with Crippen molar-refractivity contribution in [2.24, 2.45) is 0 Å². The molecular weight excluding hydrogens is 1600 g/mol. The van der Waals surface area contributed by atoms with Gasteiger partial charge in [0.15, 0.2) is 0 Å². The second kappa shape index (κ2) is 78.7. The van der Waals surface area contributed by atoms with Crippen LogP contribution in [0.25, 0.3) is 105 Å². The number of nitrogens with zero attached hydrogens (tertiary/aromatic N) is 18. The fraction of sp³-hybridized carbons (Fsp3) is 0. The van der Waals surface area contributed by atoms with Gasteiger partial charge in [-0.15, -0.1) is 0 Å². The van der Waals surface area contributed by atoms with Crippen molar-refractivity contribution in [2.75, 3.05) is 0 Å². The van der Waals surface area contributed by atoms with Gasteiger partial charge < -0.3 is 43.4 Å².